The Hall–Kier alpha value is -0.360. The largest absolute Gasteiger partial charge is 0.394 e. The number of nitrogens with one attached hydrogen (secondary N) is 2. The molecule has 0 unspecified atom stereocenters. The van der Waals surface area contributed by atoms with Crippen LogP contribution in [0.1, 0.15) is 0 Å². The normalized spacial score (nSPS) is 15.5. The highest BCUT2D eigenvalue weighted by Crippen LogP contribution is 2.01. The average molecular weight is 225 g/mol. The first-order valence-electron chi connectivity index (χ1n) is 4.51. The number of ether oxygens (including phenoxy) is 1. The van der Waals surface area contributed by atoms with E-state index in [1.54, 1.807) is 0 Å². The fraction of sp³-hybridized carbons (Fsp3) is 0.875. The molecule has 0 saturated carbocycles. The molecule has 0 bridgehead atoms. The van der Waals surface area contributed by atoms with E-state index in [1.807, 2.05) is 0 Å². The van der Waals surface area contributed by atoms with Crippen LogP contribution in [-0.4, -0.2) is 50.5 Å². The van der Waals surface area contributed by atoms with Gasteiger partial charge in [-0.15, -0.1) is 12.4 Å². The molecule has 0 aliphatic carbocycles. The Kier molecular flexibility index (Phi) is 7.78. The Morgan fingerprint density at radius 1 is 1.50 bits per heavy atom. The molecule has 1 aliphatic rings. The number of hydrogen-bond acceptors (Lipinski definition) is 4. The van der Waals surface area contributed by atoms with Crippen LogP contribution in [0.25, 0.3) is 0 Å². The predicted octanol–water partition coefficient (Wildman–Crippen LogP) is -1.25. The van der Waals surface area contributed by atoms with Crippen molar-refractivity contribution >= 4 is 18.3 Å². The van der Waals surface area contributed by atoms with Crippen molar-refractivity contribution in [2.45, 2.75) is 0 Å². The van der Waals surface area contributed by atoms with Crippen molar-refractivity contribution in [3.05, 3.63) is 0 Å². The van der Waals surface area contributed by atoms with Crippen LogP contribution in [0.15, 0.2) is 0 Å². The molecular weight excluding hydrogens is 208 g/mol. The van der Waals surface area contributed by atoms with Crippen LogP contribution in [0.5, 0.6) is 0 Å². The molecule has 6 heteroatoms. The van der Waals surface area contributed by atoms with E-state index in [9.17, 15) is 4.79 Å². The van der Waals surface area contributed by atoms with Crippen molar-refractivity contribution in [3.8, 4) is 0 Å². The van der Waals surface area contributed by atoms with E-state index < -0.39 is 0 Å². The molecule has 0 aromatic rings. The molecule has 84 valence electrons. The average Bonchev–Trinajstić information content (AvgIpc) is 2.01. The maximum Gasteiger partial charge on any atom is 0.225 e. The van der Waals surface area contributed by atoms with Crippen LogP contribution >= 0.6 is 12.4 Å². The number of rotatable bonds is 6. The minimum Gasteiger partial charge on any atom is -0.394 e. The summed E-state index contributed by atoms with van der Waals surface area (Å²) in [6.07, 6.45) is 0. The van der Waals surface area contributed by atoms with Gasteiger partial charge in [0, 0.05) is 19.6 Å². The van der Waals surface area contributed by atoms with Gasteiger partial charge < -0.3 is 20.5 Å². The first-order valence-corrected chi connectivity index (χ1v) is 4.51. The van der Waals surface area contributed by atoms with Gasteiger partial charge in [0.1, 0.15) is 0 Å². The lowest BCUT2D eigenvalue weighted by Crippen LogP contribution is -2.51. The van der Waals surface area contributed by atoms with Gasteiger partial charge in [0.15, 0.2) is 0 Å². The van der Waals surface area contributed by atoms with Gasteiger partial charge in [-0.2, -0.15) is 0 Å². The molecule has 1 rings (SSSR count). The second-order valence-electron chi connectivity index (χ2n) is 2.98. The quantitative estimate of drug-likeness (QED) is 0.494. The topological polar surface area (TPSA) is 70.6 Å². The van der Waals surface area contributed by atoms with Crippen molar-refractivity contribution in [3.63, 3.8) is 0 Å². The molecule has 5 nitrogen and oxygen atoms in total. The van der Waals surface area contributed by atoms with Gasteiger partial charge in [-0.1, -0.05) is 0 Å². The van der Waals surface area contributed by atoms with Crippen molar-refractivity contribution in [1.29, 1.82) is 0 Å². The van der Waals surface area contributed by atoms with Crippen LogP contribution in [0.2, 0.25) is 0 Å². The SMILES string of the molecule is Cl.O=C(NCCOCCO)C1CNC1. The van der Waals surface area contributed by atoms with Crippen LogP contribution in [0.3, 0.4) is 0 Å². The monoisotopic (exact) mass is 224 g/mol. The van der Waals surface area contributed by atoms with E-state index in [1.165, 1.54) is 0 Å². The van der Waals surface area contributed by atoms with Crippen LogP contribution in [-0.2, 0) is 9.53 Å². The van der Waals surface area contributed by atoms with E-state index >= 15 is 0 Å². The molecule has 0 radical (unpaired) electrons. The molecule has 1 fully saturated rings. The van der Waals surface area contributed by atoms with Gasteiger partial charge in [-0.05, 0) is 0 Å². The summed E-state index contributed by atoms with van der Waals surface area (Å²) in [5, 5.41) is 14.2. The number of carbonyl (C=O) groups excluding carboxylic acids is 1. The third kappa shape index (κ3) is 4.76. The first-order chi connectivity index (χ1) is 6.34. The van der Waals surface area contributed by atoms with Crippen LogP contribution in [0.4, 0.5) is 0 Å². The summed E-state index contributed by atoms with van der Waals surface area (Å²) in [7, 11) is 0. The molecule has 1 saturated heterocycles. The van der Waals surface area contributed by atoms with Gasteiger partial charge in [-0.25, -0.2) is 0 Å². The highest BCUT2D eigenvalue weighted by atomic mass is 35.5. The highest BCUT2D eigenvalue weighted by Gasteiger charge is 2.23. The molecular formula is C8H17ClN2O3. The number of carbonyl (C=O) groups is 1. The zero-order chi connectivity index (χ0) is 9.52. The maximum atomic E-state index is 11.2. The smallest absolute Gasteiger partial charge is 0.225 e. The Morgan fingerprint density at radius 3 is 2.71 bits per heavy atom. The minimum absolute atomic E-state index is 0. The van der Waals surface area contributed by atoms with Gasteiger partial charge in [0.05, 0.1) is 25.7 Å². The van der Waals surface area contributed by atoms with E-state index in [0.29, 0.717) is 19.8 Å². The second kappa shape index (κ2) is 7.99. The van der Waals surface area contributed by atoms with Gasteiger partial charge >= 0.3 is 0 Å². The zero-order valence-corrected chi connectivity index (χ0v) is 8.81. The molecule has 3 N–H and O–H groups in total. The summed E-state index contributed by atoms with van der Waals surface area (Å²) in [6, 6.07) is 0. The summed E-state index contributed by atoms with van der Waals surface area (Å²) in [6.45, 7) is 2.91. The van der Waals surface area contributed by atoms with Crippen LogP contribution < -0.4 is 10.6 Å². The van der Waals surface area contributed by atoms with Gasteiger partial charge in [-0.3, -0.25) is 4.79 Å². The zero-order valence-electron chi connectivity index (χ0n) is 7.99. The molecule has 1 heterocycles. The van der Waals surface area contributed by atoms with E-state index in [-0.39, 0.29) is 30.8 Å². The summed E-state index contributed by atoms with van der Waals surface area (Å²) < 4.78 is 4.98. The van der Waals surface area contributed by atoms with Crippen molar-refractivity contribution in [2.75, 3.05) is 39.5 Å². The summed E-state index contributed by atoms with van der Waals surface area (Å²) in [5.74, 6) is 0.226. The number of aliphatic hydroxyl groups is 1. The maximum absolute atomic E-state index is 11.2. The molecule has 0 aromatic heterocycles. The minimum atomic E-state index is 0. The molecule has 1 aliphatic heterocycles. The number of hydrogen-bond donors (Lipinski definition) is 3. The standard InChI is InChI=1S/C8H16N2O3.ClH/c11-2-4-13-3-1-10-8(12)7-5-9-6-7;/h7,9,11H,1-6H2,(H,10,12);1H. The first kappa shape index (κ1) is 13.6. The predicted molar refractivity (Wildman–Crippen MR) is 54.5 cm³/mol. The third-order valence-electron chi connectivity index (χ3n) is 1.93. The number of amides is 1. The summed E-state index contributed by atoms with van der Waals surface area (Å²) >= 11 is 0. The Morgan fingerprint density at radius 2 is 2.21 bits per heavy atom. The van der Waals surface area contributed by atoms with E-state index in [4.69, 9.17) is 9.84 Å². The van der Waals surface area contributed by atoms with Gasteiger partial charge in [0.25, 0.3) is 0 Å². The summed E-state index contributed by atoms with van der Waals surface area (Å²) in [4.78, 5) is 11.2. The van der Waals surface area contributed by atoms with Gasteiger partial charge in [0.2, 0.25) is 5.91 Å². The second-order valence-corrected chi connectivity index (χ2v) is 2.98. The molecule has 0 spiro atoms. The van der Waals surface area contributed by atoms with Crippen molar-refractivity contribution in [2.24, 2.45) is 5.92 Å². The lowest BCUT2D eigenvalue weighted by molar-refractivity contribution is -0.126. The van der Waals surface area contributed by atoms with E-state index in [2.05, 4.69) is 10.6 Å². The summed E-state index contributed by atoms with van der Waals surface area (Å²) in [5.41, 5.74) is 0. The van der Waals surface area contributed by atoms with E-state index in [0.717, 1.165) is 13.1 Å². The van der Waals surface area contributed by atoms with Crippen LogP contribution in [0, 0.1) is 5.92 Å². The number of aliphatic hydroxyl groups excluding tert-OH is 1. The molecule has 1 amide bonds. The van der Waals surface area contributed by atoms with Crippen molar-refractivity contribution in [1.82, 2.24) is 10.6 Å². The molecule has 14 heavy (non-hydrogen) atoms. The Labute approximate surface area is 89.6 Å². The fourth-order valence-corrected chi connectivity index (χ4v) is 1.03. The highest BCUT2D eigenvalue weighted by molar-refractivity contribution is 5.85. The lowest BCUT2D eigenvalue weighted by Gasteiger charge is -2.25. The molecule has 0 atom stereocenters. The molecule has 0 aromatic carbocycles. The Bertz CT molecular complexity index is 165. The lowest BCUT2D eigenvalue weighted by atomic mass is 10.0. The third-order valence-corrected chi connectivity index (χ3v) is 1.93. The van der Waals surface area contributed by atoms with Crippen molar-refractivity contribution < 1.29 is 14.6 Å². The Balaban J connectivity index is 0.00000169. The fourth-order valence-electron chi connectivity index (χ4n) is 1.03. The number of halogens is 1.